The maximum atomic E-state index is 10.1. The number of para-hydroxylation sites is 2. The molecule has 4 nitrogen and oxygen atoms in total. The Morgan fingerprint density at radius 3 is 2.23 bits per heavy atom. The zero-order valence-electron chi connectivity index (χ0n) is 22.6. The summed E-state index contributed by atoms with van der Waals surface area (Å²) >= 11 is 1.79. The third-order valence-electron chi connectivity index (χ3n) is 8.48. The van der Waals surface area contributed by atoms with Crippen LogP contribution < -0.4 is 0 Å². The van der Waals surface area contributed by atoms with Crippen molar-refractivity contribution in [3.63, 3.8) is 0 Å². The Morgan fingerprint density at radius 1 is 0.581 bits per heavy atom. The summed E-state index contributed by atoms with van der Waals surface area (Å²) in [5.74, 6) is 0. The second-order valence-corrected chi connectivity index (χ2v) is 11.8. The quantitative estimate of drug-likeness (QED) is 0.209. The molecule has 3 aromatic heterocycles. The van der Waals surface area contributed by atoms with Gasteiger partial charge in [-0.2, -0.15) is 10.5 Å². The lowest BCUT2D eigenvalue weighted by atomic mass is 9.96. The van der Waals surface area contributed by atoms with Crippen LogP contribution in [0.3, 0.4) is 0 Å². The number of hydrogen-bond donors (Lipinski definition) is 0. The highest BCUT2D eigenvalue weighted by Gasteiger charge is 2.22. The molecule has 0 N–H and O–H groups in total. The van der Waals surface area contributed by atoms with Crippen LogP contribution in [-0.2, 0) is 0 Å². The van der Waals surface area contributed by atoms with Gasteiger partial charge >= 0.3 is 0 Å². The molecule has 0 aliphatic carbocycles. The minimum atomic E-state index is 0.505. The van der Waals surface area contributed by atoms with Crippen molar-refractivity contribution < 1.29 is 4.42 Å². The van der Waals surface area contributed by atoms with E-state index in [0.29, 0.717) is 16.7 Å². The SMILES string of the molecule is N#Cc1ccc2c(c1)c1ccccc1n2-c1cccc2c1oc1c(C#N)ccc(-c3cccc4c3sc3ccccc34)c12. The van der Waals surface area contributed by atoms with E-state index in [2.05, 4.69) is 95.6 Å². The van der Waals surface area contributed by atoms with Gasteiger partial charge in [-0.3, -0.25) is 0 Å². The number of hydrogen-bond acceptors (Lipinski definition) is 4. The summed E-state index contributed by atoms with van der Waals surface area (Å²) in [5, 5.41) is 26.2. The second kappa shape index (κ2) is 8.81. The van der Waals surface area contributed by atoms with E-state index in [1.165, 1.54) is 20.2 Å². The van der Waals surface area contributed by atoms with Gasteiger partial charge in [0.2, 0.25) is 0 Å². The Kier molecular flexibility index (Phi) is 4.87. The van der Waals surface area contributed by atoms with E-state index in [9.17, 15) is 10.5 Å². The molecule has 0 saturated carbocycles. The summed E-state index contributed by atoms with van der Waals surface area (Å²) in [6, 6.07) is 43.8. The summed E-state index contributed by atoms with van der Waals surface area (Å²) in [4.78, 5) is 0. The summed E-state index contributed by atoms with van der Waals surface area (Å²) in [6.45, 7) is 0. The largest absolute Gasteiger partial charge is 0.452 e. The van der Waals surface area contributed by atoms with E-state index in [-0.39, 0.29) is 0 Å². The molecule has 0 unspecified atom stereocenters. The molecular weight excluding hydrogens is 547 g/mol. The minimum Gasteiger partial charge on any atom is -0.452 e. The van der Waals surface area contributed by atoms with Gasteiger partial charge in [-0.05, 0) is 48.0 Å². The first-order valence-electron chi connectivity index (χ1n) is 14.0. The Morgan fingerprint density at radius 2 is 1.35 bits per heavy atom. The molecule has 6 aromatic carbocycles. The van der Waals surface area contributed by atoms with E-state index < -0.39 is 0 Å². The molecule has 9 rings (SSSR count). The Balaban J connectivity index is 1.40. The fourth-order valence-electron chi connectivity index (χ4n) is 6.64. The molecule has 0 bridgehead atoms. The van der Waals surface area contributed by atoms with Crippen LogP contribution in [0, 0.1) is 22.7 Å². The number of benzene rings is 6. The van der Waals surface area contributed by atoms with Crippen LogP contribution in [0.2, 0.25) is 0 Å². The lowest BCUT2D eigenvalue weighted by molar-refractivity contribution is 0.665. The van der Waals surface area contributed by atoms with Crippen LogP contribution in [0.5, 0.6) is 0 Å². The molecule has 3 heterocycles. The Bertz CT molecular complexity index is 2710. The van der Waals surface area contributed by atoms with Crippen LogP contribution in [0.1, 0.15) is 11.1 Å². The van der Waals surface area contributed by atoms with Crippen LogP contribution in [0.4, 0.5) is 0 Å². The van der Waals surface area contributed by atoms with Crippen molar-refractivity contribution in [2.45, 2.75) is 0 Å². The summed E-state index contributed by atoms with van der Waals surface area (Å²) in [5.41, 5.74) is 7.51. The van der Waals surface area contributed by atoms with Crippen molar-refractivity contribution in [1.29, 1.82) is 10.5 Å². The topological polar surface area (TPSA) is 65.7 Å². The van der Waals surface area contributed by atoms with E-state index in [1.807, 2.05) is 36.4 Å². The van der Waals surface area contributed by atoms with Gasteiger partial charge in [0.15, 0.2) is 11.2 Å². The number of nitriles is 2. The van der Waals surface area contributed by atoms with Gasteiger partial charge in [0, 0.05) is 47.3 Å². The maximum Gasteiger partial charge on any atom is 0.159 e. The number of nitrogens with zero attached hydrogens (tertiary/aromatic N) is 3. The van der Waals surface area contributed by atoms with Gasteiger partial charge in [0.1, 0.15) is 6.07 Å². The molecule has 0 amide bonds. The molecule has 9 aromatic rings. The molecule has 198 valence electrons. The van der Waals surface area contributed by atoms with Crippen molar-refractivity contribution in [1.82, 2.24) is 4.57 Å². The predicted molar refractivity (Wildman–Crippen MR) is 176 cm³/mol. The molecule has 0 atom stereocenters. The molecular formula is C38H19N3OS. The van der Waals surface area contributed by atoms with E-state index in [0.717, 1.165) is 55.0 Å². The van der Waals surface area contributed by atoms with Crippen LogP contribution in [-0.4, -0.2) is 4.57 Å². The summed E-state index contributed by atoms with van der Waals surface area (Å²) < 4.78 is 11.4. The fourth-order valence-corrected chi connectivity index (χ4v) is 7.87. The molecule has 0 spiro atoms. The monoisotopic (exact) mass is 565 g/mol. The molecule has 0 radical (unpaired) electrons. The van der Waals surface area contributed by atoms with Crippen molar-refractivity contribution in [2.24, 2.45) is 0 Å². The van der Waals surface area contributed by atoms with Gasteiger partial charge in [-0.1, -0.05) is 72.8 Å². The van der Waals surface area contributed by atoms with Crippen molar-refractivity contribution in [2.75, 3.05) is 0 Å². The predicted octanol–water partition coefficient (Wildman–Crippen LogP) is 10.5. The first-order chi connectivity index (χ1) is 21.2. The molecule has 0 aliphatic heterocycles. The highest BCUT2D eigenvalue weighted by atomic mass is 32.1. The smallest absolute Gasteiger partial charge is 0.159 e. The molecule has 5 heteroatoms. The maximum absolute atomic E-state index is 10.1. The highest BCUT2D eigenvalue weighted by Crippen LogP contribution is 2.46. The van der Waals surface area contributed by atoms with E-state index >= 15 is 0 Å². The summed E-state index contributed by atoms with van der Waals surface area (Å²) in [7, 11) is 0. The van der Waals surface area contributed by atoms with Crippen molar-refractivity contribution in [3.8, 4) is 29.0 Å². The molecule has 43 heavy (non-hydrogen) atoms. The van der Waals surface area contributed by atoms with Crippen LogP contribution in [0.25, 0.3) is 80.7 Å². The Hall–Kier alpha value is -5.88. The number of fused-ring (bicyclic) bond motifs is 9. The number of furan rings is 1. The third-order valence-corrected chi connectivity index (χ3v) is 9.70. The first kappa shape index (κ1) is 23.8. The van der Waals surface area contributed by atoms with Crippen LogP contribution in [0.15, 0.2) is 120 Å². The first-order valence-corrected chi connectivity index (χ1v) is 14.8. The van der Waals surface area contributed by atoms with Gasteiger partial charge in [-0.15, -0.1) is 11.3 Å². The third kappa shape index (κ3) is 3.23. The number of thiophene rings is 1. The average Bonchev–Trinajstić information content (AvgIpc) is 3.74. The number of rotatable bonds is 2. The second-order valence-electron chi connectivity index (χ2n) is 10.7. The van der Waals surface area contributed by atoms with Crippen LogP contribution >= 0.6 is 11.3 Å². The standard InChI is InChI=1S/C38H19N3OS/c39-20-22-15-18-32-30(19-22)24-7-1-3-12-31(24)41(32)33-13-6-11-29-35-26(17-16-23(21-40)36(35)42-37(29)33)28-10-5-9-27-25-8-2-4-14-34(25)43-38(27)28/h1-19H. The van der Waals surface area contributed by atoms with Gasteiger partial charge in [0.05, 0.1) is 33.9 Å². The average molecular weight is 566 g/mol. The lowest BCUT2D eigenvalue weighted by Gasteiger charge is -2.09. The normalized spacial score (nSPS) is 11.7. The zero-order valence-corrected chi connectivity index (χ0v) is 23.4. The Labute approximate surface area is 249 Å². The van der Waals surface area contributed by atoms with Gasteiger partial charge in [-0.25, -0.2) is 0 Å². The molecule has 0 fully saturated rings. The molecule has 0 saturated heterocycles. The van der Waals surface area contributed by atoms with E-state index in [4.69, 9.17) is 4.42 Å². The number of aromatic nitrogens is 1. The minimum absolute atomic E-state index is 0.505. The summed E-state index contributed by atoms with van der Waals surface area (Å²) in [6.07, 6.45) is 0. The van der Waals surface area contributed by atoms with Crippen molar-refractivity contribution >= 4 is 75.3 Å². The zero-order chi connectivity index (χ0) is 28.7. The van der Waals surface area contributed by atoms with Gasteiger partial charge < -0.3 is 8.98 Å². The van der Waals surface area contributed by atoms with E-state index in [1.54, 1.807) is 11.3 Å². The molecule has 0 aliphatic rings. The highest BCUT2D eigenvalue weighted by molar-refractivity contribution is 7.26. The van der Waals surface area contributed by atoms with Gasteiger partial charge in [0.25, 0.3) is 0 Å². The lowest BCUT2D eigenvalue weighted by Crippen LogP contribution is -1.94. The van der Waals surface area contributed by atoms with Crippen molar-refractivity contribution in [3.05, 3.63) is 126 Å². The fraction of sp³-hybridized carbons (Fsp3) is 0.